The molecular formula is C5H10O6S. The van der Waals surface area contributed by atoms with Crippen LogP contribution in [0, 0.1) is 0 Å². The van der Waals surface area contributed by atoms with Crippen LogP contribution in [0.5, 0.6) is 0 Å². The summed E-state index contributed by atoms with van der Waals surface area (Å²) in [4.78, 5) is 18.9. The second-order valence-electron chi connectivity index (χ2n) is 1.46. The quantitative estimate of drug-likeness (QED) is 0.664. The minimum absolute atomic E-state index is 0.620. The minimum Gasteiger partial charge on any atom is -0.481 e. The van der Waals surface area contributed by atoms with Crippen LogP contribution < -0.4 is 0 Å². The standard InChI is InChI=1S/C3H6O4S.C2H4O2/c1-3(4)7-8(5)6-2;1-2(3)4/h1-2H3;1H3,(H,3,4). The average Bonchev–Trinajstić information content (AvgIpc) is 1.84. The van der Waals surface area contributed by atoms with Crippen molar-refractivity contribution in [2.24, 2.45) is 0 Å². The highest BCUT2D eigenvalue weighted by Crippen LogP contribution is 1.84. The second kappa shape index (κ2) is 8.15. The summed E-state index contributed by atoms with van der Waals surface area (Å²) in [7, 11) is 1.18. The van der Waals surface area contributed by atoms with Crippen molar-refractivity contribution >= 4 is 23.3 Å². The van der Waals surface area contributed by atoms with Crippen LogP contribution in [-0.4, -0.2) is 28.4 Å². The second-order valence-corrected chi connectivity index (χ2v) is 2.37. The van der Waals surface area contributed by atoms with E-state index in [-0.39, 0.29) is 0 Å². The van der Waals surface area contributed by atoms with Gasteiger partial charge in [-0.05, 0) is 0 Å². The number of aliphatic carboxylic acids is 1. The van der Waals surface area contributed by atoms with E-state index in [0.717, 1.165) is 13.8 Å². The lowest BCUT2D eigenvalue weighted by molar-refractivity contribution is -0.134. The molecule has 0 aliphatic heterocycles. The summed E-state index contributed by atoms with van der Waals surface area (Å²) in [6.07, 6.45) is 0. The molecule has 0 aromatic rings. The molecule has 0 fully saturated rings. The van der Waals surface area contributed by atoms with Crippen LogP contribution in [0.4, 0.5) is 0 Å². The molecule has 0 radical (unpaired) electrons. The molecule has 6 nitrogen and oxygen atoms in total. The van der Waals surface area contributed by atoms with Crippen molar-refractivity contribution in [3.05, 3.63) is 0 Å². The van der Waals surface area contributed by atoms with Gasteiger partial charge in [-0.2, -0.15) is 4.21 Å². The first-order valence-corrected chi connectivity index (χ1v) is 3.74. The highest BCUT2D eigenvalue weighted by Gasteiger charge is 1.98. The lowest BCUT2D eigenvalue weighted by Crippen LogP contribution is -2.03. The molecule has 1 atom stereocenters. The Kier molecular flexibility index (Phi) is 9.25. The molecule has 0 rings (SSSR count). The van der Waals surface area contributed by atoms with Gasteiger partial charge in [0.05, 0.1) is 7.11 Å². The van der Waals surface area contributed by atoms with Gasteiger partial charge in [0.25, 0.3) is 5.97 Å². The van der Waals surface area contributed by atoms with Gasteiger partial charge in [-0.3, -0.25) is 13.8 Å². The van der Waals surface area contributed by atoms with E-state index in [1.165, 1.54) is 7.11 Å². The summed E-state index contributed by atoms with van der Waals surface area (Å²) in [5.74, 6) is -1.45. The number of carboxylic acid groups (broad SMARTS) is 1. The zero-order valence-electron chi connectivity index (χ0n) is 6.90. The number of hydrogen-bond acceptors (Lipinski definition) is 5. The zero-order chi connectivity index (χ0) is 10.1. The van der Waals surface area contributed by atoms with Gasteiger partial charge in [0.2, 0.25) is 0 Å². The third-order valence-electron chi connectivity index (χ3n) is 0.321. The van der Waals surface area contributed by atoms with Crippen molar-refractivity contribution in [1.82, 2.24) is 0 Å². The van der Waals surface area contributed by atoms with Crippen LogP contribution in [0.1, 0.15) is 13.8 Å². The van der Waals surface area contributed by atoms with Crippen molar-refractivity contribution in [3.8, 4) is 0 Å². The van der Waals surface area contributed by atoms with E-state index in [0.29, 0.717) is 0 Å². The first kappa shape index (κ1) is 13.6. The molecule has 12 heavy (non-hydrogen) atoms. The largest absolute Gasteiger partial charge is 0.481 e. The van der Waals surface area contributed by atoms with Gasteiger partial charge >= 0.3 is 17.3 Å². The van der Waals surface area contributed by atoms with Crippen LogP contribution >= 0.6 is 0 Å². The molecule has 0 heterocycles. The van der Waals surface area contributed by atoms with E-state index in [4.69, 9.17) is 9.90 Å². The van der Waals surface area contributed by atoms with E-state index >= 15 is 0 Å². The van der Waals surface area contributed by atoms with Crippen molar-refractivity contribution in [2.75, 3.05) is 7.11 Å². The van der Waals surface area contributed by atoms with E-state index < -0.39 is 23.3 Å². The van der Waals surface area contributed by atoms with E-state index in [2.05, 4.69) is 8.37 Å². The summed E-state index contributed by atoms with van der Waals surface area (Å²) in [6, 6.07) is 0. The Hall–Kier alpha value is -0.950. The maximum Gasteiger partial charge on any atom is 0.362 e. The SMILES string of the molecule is CC(=O)O.COS(=O)OC(C)=O. The third-order valence-corrected chi connectivity index (χ3v) is 0.964. The molecule has 1 N–H and O–H groups in total. The fourth-order valence-electron chi connectivity index (χ4n) is 0.130. The smallest absolute Gasteiger partial charge is 0.362 e. The summed E-state index contributed by atoms with van der Waals surface area (Å²) >= 11 is -1.91. The van der Waals surface area contributed by atoms with Crippen LogP contribution in [0.2, 0.25) is 0 Å². The normalized spacial score (nSPS) is 10.6. The van der Waals surface area contributed by atoms with Gasteiger partial charge in [0.1, 0.15) is 0 Å². The molecular weight excluding hydrogens is 188 g/mol. The number of carboxylic acids is 1. The van der Waals surface area contributed by atoms with Crippen molar-refractivity contribution in [3.63, 3.8) is 0 Å². The first-order chi connectivity index (χ1) is 5.40. The molecule has 0 aliphatic rings. The summed E-state index contributed by atoms with van der Waals surface area (Å²) in [5, 5.41) is 7.42. The molecule has 0 saturated carbocycles. The Labute approximate surface area is 72.3 Å². The minimum atomic E-state index is -1.91. The molecule has 72 valence electrons. The Balaban J connectivity index is 0. The van der Waals surface area contributed by atoms with Gasteiger partial charge in [0, 0.05) is 13.8 Å². The Bertz CT molecular complexity index is 173. The van der Waals surface area contributed by atoms with Gasteiger partial charge in [-0.15, -0.1) is 0 Å². The molecule has 0 aromatic heterocycles. The maximum atomic E-state index is 10.1. The zero-order valence-corrected chi connectivity index (χ0v) is 7.71. The van der Waals surface area contributed by atoms with E-state index in [1.807, 2.05) is 0 Å². The summed E-state index contributed by atoms with van der Waals surface area (Å²) in [6.45, 7) is 2.23. The van der Waals surface area contributed by atoms with Crippen molar-refractivity contribution < 1.29 is 27.3 Å². The monoisotopic (exact) mass is 198 g/mol. The van der Waals surface area contributed by atoms with E-state index in [9.17, 15) is 9.00 Å². The van der Waals surface area contributed by atoms with Gasteiger partial charge in [-0.1, -0.05) is 0 Å². The molecule has 0 bridgehead atoms. The number of hydrogen-bond donors (Lipinski definition) is 1. The van der Waals surface area contributed by atoms with Gasteiger partial charge < -0.3 is 9.29 Å². The highest BCUT2D eigenvalue weighted by atomic mass is 32.2. The van der Waals surface area contributed by atoms with Crippen LogP contribution in [0.3, 0.4) is 0 Å². The van der Waals surface area contributed by atoms with Gasteiger partial charge in [-0.25, -0.2) is 0 Å². The van der Waals surface area contributed by atoms with Crippen LogP contribution in [0.25, 0.3) is 0 Å². The maximum absolute atomic E-state index is 10.1. The Morgan fingerprint density at radius 1 is 1.33 bits per heavy atom. The molecule has 0 amide bonds. The third kappa shape index (κ3) is 23.0. The molecule has 0 aliphatic carbocycles. The lowest BCUT2D eigenvalue weighted by Gasteiger charge is -1.92. The number of rotatable bonds is 2. The van der Waals surface area contributed by atoms with Crippen LogP contribution in [0.15, 0.2) is 0 Å². The first-order valence-electron chi connectivity index (χ1n) is 2.74. The Morgan fingerprint density at radius 3 is 1.75 bits per heavy atom. The molecule has 7 heteroatoms. The average molecular weight is 198 g/mol. The summed E-state index contributed by atoms with van der Waals surface area (Å²) < 4.78 is 18.2. The predicted molar refractivity (Wildman–Crippen MR) is 40.2 cm³/mol. The van der Waals surface area contributed by atoms with Crippen LogP contribution in [-0.2, 0) is 29.3 Å². The lowest BCUT2D eigenvalue weighted by atomic mass is 10.9. The van der Waals surface area contributed by atoms with E-state index in [1.54, 1.807) is 0 Å². The molecule has 0 aromatic carbocycles. The van der Waals surface area contributed by atoms with Gasteiger partial charge in [0.15, 0.2) is 0 Å². The Morgan fingerprint density at radius 2 is 1.67 bits per heavy atom. The predicted octanol–water partition coefficient (Wildman–Crippen LogP) is -0.134. The number of carbonyl (C=O) groups is 2. The molecule has 0 spiro atoms. The molecule has 0 saturated heterocycles. The topological polar surface area (TPSA) is 89.9 Å². The highest BCUT2D eigenvalue weighted by molar-refractivity contribution is 7.75. The fraction of sp³-hybridized carbons (Fsp3) is 0.600. The fourth-order valence-corrected chi connectivity index (χ4v) is 0.390. The van der Waals surface area contributed by atoms with Crippen molar-refractivity contribution in [1.29, 1.82) is 0 Å². The van der Waals surface area contributed by atoms with Crippen molar-refractivity contribution in [2.45, 2.75) is 13.8 Å². The molecule has 1 unspecified atom stereocenters. The summed E-state index contributed by atoms with van der Waals surface area (Å²) in [5.41, 5.74) is 0. The number of carbonyl (C=O) groups excluding carboxylic acids is 1.